The molecular formula is C11H21N5O. The molecule has 0 unspecified atom stereocenters. The molecule has 0 aromatic carbocycles. The van der Waals surface area contributed by atoms with Crippen LogP contribution >= 0.6 is 0 Å². The van der Waals surface area contributed by atoms with Gasteiger partial charge in [-0.05, 0) is 6.42 Å². The lowest BCUT2D eigenvalue weighted by Crippen LogP contribution is -2.31. The molecule has 2 N–H and O–H groups in total. The summed E-state index contributed by atoms with van der Waals surface area (Å²) in [6, 6.07) is 0. The highest BCUT2D eigenvalue weighted by Gasteiger charge is 2.10. The molecule has 1 aromatic rings. The summed E-state index contributed by atoms with van der Waals surface area (Å²) in [6.07, 6.45) is 5.06. The van der Waals surface area contributed by atoms with E-state index in [1.54, 1.807) is 11.1 Å². The molecule has 0 aliphatic heterocycles. The molecule has 96 valence electrons. The number of amides is 1. The first-order chi connectivity index (χ1) is 8.17. The van der Waals surface area contributed by atoms with E-state index in [9.17, 15) is 4.79 Å². The minimum atomic E-state index is 0.0505. The van der Waals surface area contributed by atoms with Gasteiger partial charge in [0.25, 0.3) is 0 Å². The highest BCUT2D eigenvalue weighted by atomic mass is 16.2. The molecule has 1 rings (SSSR count). The van der Waals surface area contributed by atoms with Crippen LogP contribution in [0.5, 0.6) is 0 Å². The van der Waals surface area contributed by atoms with E-state index in [4.69, 9.17) is 5.73 Å². The molecule has 6 nitrogen and oxygen atoms in total. The highest BCUT2D eigenvalue weighted by molar-refractivity contribution is 5.75. The minimum Gasteiger partial charge on any atom is -0.344 e. The van der Waals surface area contributed by atoms with Crippen LogP contribution in [0.4, 0.5) is 0 Å². The van der Waals surface area contributed by atoms with E-state index in [-0.39, 0.29) is 12.5 Å². The van der Waals surface area contributed by atoms with Gasteiger partial charge in [0, 0.05) is 20.1 Å². The van der Waals surface area contributed by atoms with Crippen LogP contribution in [0.2, 0.25) is 0 Å². The van der Waals surface area contributed by atoms with Crippen LogP contribution in [-0.2, 0) is 17.9 Å². The van der Waals surface area contributed by atoms with Crippen LogP contribution in [0, 0.1) is 0 Å². The zero-order chi connectivity index (χ0) is 12.7. The third kappa shape index (κ3) is 4.52. The van der Waals surface area contributed by atoms with Crippen LogP contribution in [0.25, 0.3) is 0 Å². The summed E-state index contributed by atoms with van der Waals surface area (Å²) >= 11 is 0. The Labute approximate surface area is 102 Å². The van der Waals surface area contributed by atoms with Crippen molar-refractivity contribution >= 4 is 5.91 Å². The minimum absolute atomic E-state index is 0.0505. The molecule has 0 saturated heterocycles. The zero-order valence-electron chi connectivity index (χ0n) is 10.6. The monoisotopic (exact) mass is 239 g/mol. The third-order valence-electron chi connectivity index (χ3n) is 2.62. The Morgan fingerprint density at radius 3 is 2.88 bits per heavy atom. The van der Waals surface area contributed by atoms with E-state index in [0.29, 0.717) is 12.2 Å². The van der Waals surface area contributed by atoms with Gasteiger partial charge < -0.3 is 10.6 Å². The average Bonchev–Trinajstić information content (AvgIpc) is 2.77. The van der Waals surface area contributed by atoms with E-state index in [1.165, 1.54) is 4.68 Å². The molecule has 0 spiro atoms. The van der Waals surface area contributed by atoms with Crippen LogP contribution < -0.4 is 5.73 Å². The molecule has 0 bridgehead atoms. The number of aromatic nitrogens is 3. The van der Waals surface area contributed by atoms with Crippen molar-refractivity contribution in [2.24, 2.45) is 5.73 Å². The Kier molecular flexibility index (Phi) is 5.62. The SMILES string of the molecule is CCCCCN(C)C(=O)Cn1cc(CN)nn1. The maximum atomic E-state index is 11.8. The summed E-state index contributed by atoms with van der Waals surface area (Å²) in [5, 5.41) is 7.68. The van der Waals surface area contributed by atoms with Gasteiger partial charge in [-0.2, -0.15) is 0 Å². The second-order valence-electron chi connectivity index (χ2n) is 4.13. The second kappa shape index (κ2) is 7.01. The van der Waals surface area contributed by atoms with E-state index in [1.807, 2.05) is 7.05 Å². The fourth-order valence-corrected chi connectivity index (χ4v) is 1.49. The number of carbonyl (C=O) groups is 1. The summed E-state index contributed by atoms with van der Waals surface area (Å²) < 4.78 is 1.53. The van der Waals surface area contributed by atoms with E-state index in [2.05, 4.69) is 17.2 Å². The summed E-state index contributed by atoms with van der Waals surface area (Å²) in [4.78, 5) is 13.5. The summed E-state index contributed by atoms with van der Waals surface area (Å²) in [7, 11) is 1.82. The first-order valence-corrected chi connectivity index (χ1v) is 6.00. The molecule has 0 aliphatic carbocycles. The topological polar surface area (TPSA) is 77.0 Å². The number of nitrogens with zero attached hydrogens (tertiary/aromatic N) is 4. The molecule has 1 aromatic heterocycles. The molecule has 0 fully saturated rings. The van der Waals surface area contributed by atoms with Crippen LogP contribution in [0.1, 0.15) is 31.9 Å². The lowest BCUT2D eigenvalue weighted by atomic mass is 10.2. The number of unbranched alkanes of at least 4 members (excludes halogenated alkanes) is 2. The second-order valence-corrected chi connectivity index (χ2v) is 4.13. The van der Waals surface area contributed by atoms with Gasteiger partial charge in [0.15, 0.2) is 0 Å². The lowest BCUT2D eigenvalue weighted by Gasteiger charge is -2.16. The van der Waals surface area contributed by atoms with Gasteiger partial charge in [-0.25, -0.2) is 4.68 Å². The largest absolute Gasteiger partial charge is 0.344 e. The molecule has 1 heterocycles. The molecule has 0 radical (unpaired) electrons. The molecule has 0 aliphatic rings. The van der Waals surface area contributed by atoms with Crippen molar-refractivity contribution in [2.45, 2.75) is 39.3 Å². The van der Waals surface area contributed by atoms with Gasteiger partial charge in [0.05, 0.1) is 11.9 Å². The summed E-state index contributed by atoms with van der Waals surface area (Å²) in [5.41, 5.74) is 6.12. The smallest absolute Gasteiger partial charge is 0.244 e. The Bertz CT molecular complexity index is 349. The molecule has 17 heavy (non-hydrogen) atoms. The average molecular weight is 239 g/mol. The molecular weight excluding hydrogens is 218 g/mol. The van der Waals surface area contributed by atoms with Crippen molar-refractivity contribution in [3.63, 3.8) is 0 Å². The number of nitrogens with two attached hydrogens (primary N) is 1. The van der Waals surface area contributed by atoms with Gasteiger partial charge in [-0.1, -0.05) is 25.0 Å². The standard InChI is InChI=1S/C11H21N5O/c1-3-4-5-6-15(2)11(17)9-16-8-10(7-12)13-14-16/h8H,3-7,9,12H2,1-2H3. The molecule has 0 saturated carbocycles. The fourth-order valence-electron chi connectivity index (χ4n) is 1.49. The van der Waals surface area contributed by atoms with E-state index >= 15 is 0 Å². The van der Waals surface area contributed by atoms with Gasteiger partial charge in [-0.3, -0.25) is 4.79 Å². The van der Waals surface area contributed by atoms with E-state index < -0.39 is 0 Å². The van der Waals surface area contributed by atoms with E-state index in [0.717, 1.165) is 25.8 Å². The predicted molar refractivity (Wildman–Crippen MR) is 65.1 cm³/mol. The van der Waals surface area contributed by atoms with Crippen molar-refractivity contribution < 1.29 is 4.79 Å². The fraction of sp³-hybridized carbons (Fsp3) is 0.727. The van der Waals surface area contributed by atoms with Gasteiger partial charge in [0.1, 0.15) is 6.54 Å². The first-order valence-electron chi connectivity index (χ1n) is 6.00. The van der Waals surface area contributed by atoms with Crippen LogP contribution in [0.3, 0.4) is 0 Å². The first kappa shape index (κ1) is 13.6. The van der Waals surface area contributed by atoms with Crippen molar-refractivity contribution in [2.75, 3.05) is 13.6 Å². The van der Waals surface area contributed by atoms with Crippen LogP contribution in [-0.4, -0.2) is 39.4 Å². The Morgan fingerprint density at radius 1 is 1.53 bits per heavy atom. The highest BCUT2D eigenvalue weighted by Crippen LogP contribution is 1.98. The predicted octanol–water partition coefficient (Wildman–Crippen LogP) is 0.385. The van der Waals surface area contributed by atoms with Gasteiger partial charge in [-0.15, -0.1) is 5.10 Å². The lowest BCUT2D eigenvalue weighted by molar-refractivity contribution is -0.130. The Hall–Kier alpha value is -1.43. The van der Waals surface area contributed by atoms with Crippen molar-refractivity contribution in [3.8, 4) is 0 Å². The maximum Gasteiger partial charge on any atom is 0.244 e. The quantitative estimate of drug-likeness (QED) is 0.698. The zero-order valence-corrected chi connectivity index (χ0v) is 10.6. The number of likely N-dealkylation sites (N-methyl/N-ethyl adjacent to an activating group) is 1. The Balaban J connectivity index is 2.37. The van der Waals surface area contributed by atoms with Crippen molar-refractivity contribution in [1.29, 1.82) is 0 Å². The number of hydrogen-bond donors (Lipinski definition) is 1. The van der Waals surface area contributed by atoms with Gasteiger partial charge in [0.2, 0.25) is 5.91 Å². The molecule has 6 heteroatoms. The number of hydrogen-bond acceptors (Lipinski definition) is 4. The van der Waals surface area contributed by atoms with Crippen molar-refractivity contribution in [3.05, 3.63) is 11.9 Å². The van der Waals surface area contributed by atoms with Crippen molar-refractivity contribution in [1.82, 2.24) is 19.9 Å². The maximum absolute atomic E-state index is 11.8. The molecule has 0 atom stereocenters. The summed E-state index contributed by atoms with van der Waals surface area (Å²) in [5.74, 6) is 0.0505. The number of rotatable bonds is 7. The molecule has 1 amide bonds. The Morgan fingerprint density at radius 2 is 2.29 bits per heavy atom. The third-order valence-corrected chi connectivity index (χ3v) is 2.62. The van der Waals surface area contributed by atoms with Gasteiger partial charge >= 0.3 is 0 Å². The normalized spacial score (nSPS) is 10.5. The summed E-state index contributed by atoms with van der Waals surface area (Å²) in [6.45, 7) is 3.52. The number of carbonyl (C=O) groups excluding carboxylic acids is 1. The van der Waals surface area contributed by atoms with Crippen LogP contribution in [0.15, 0.2) is 6.20 Å².